The summed E-state index contributed by atoms with van der Waals surface area (Å²) in [6.07, 6.45) is 3.50. The summed E-state index contributed by atoms with van der Waals surface area (Å²) in [5.41, 5.74) is 7.64. The van der Waals surface area contributed by atoms with Gasteiger partial charge in [-0.2, -0.15) is 0 Å². The van der Waals surface area contributed by atoms with Crippen LogP contribution in [0.1, 0.15) is 5.56 Å². The minimum Gasteiger partial charge on any atom is -0.497 e. The van der Waals surface area contributed by atoms with Crippen molar-refractivity contribution < 1.29 is 19.1 Å². The Hall–Kier alpha value is -1.67. The zero-order valence-corrected chi connectivity index (χ0v) is 17.0. The zero-order valence-electron chi connectivity index (χ0n) is 14.6. The number of fused-ring (bicyclic) bond motifs is 1. The van der Waals surface area contributed by atoms with Crippen molar-refractivity contribution in [3.63, 3.8) is 0 Å². The number of hydrogen-bond acceptors (Lipinski definition) is 6. The van der Waals surface area contributed by atoms with E-state index in [2.05, 4.69) is 0 Å². The number of allylic oxidation sites excluding steroid dienone is 2. The van der Waals surface area contributed by atoms with Crippen LogP contribution in [0.3, 0.4) is 0 Å². The van der Waals surface area contributed by atoms with Crippen molar-refractivity contribution >= 4 is 47.6 Å². The average Bonchev–Trinajstić information content (AvgIpc) is 2.69. The van der Waals surface area contributed by atoms with Crippen molar-refractivity contribution in [2.75, 3.05) is 18.7 Å². The molecule has 146 valence electrons. The zero-order chi connectivity index (χ0) is 18.7. The first-order valence-electron chi connectivity index (χ1n) is 8.02. The molecule has 0 bridgehead atoms. The topological polar surface area (TPSA) is 81.9 Å². The Balaban J connectivity index is 0.00000261. The molecule has 3 rings (SSSR count). The third-order valence-electron chi connectivity index (χ3n) is 4.17. The Labute approximate surface area is 173 Å². The van der Waals surface area contributed by atoms with E-state index in [0.717, 1.165) is 11.3 Å². The number of carbonyl (C=O) groups is 2. The van der Waals surface area contributed by atoms with Gasteiger partial charge < -0.3 is 15.2 Å². The molecule has 6 nitrogen and oxygen atoms in total. The Morgan fingerprint density at radius 2 is 2.11 bits per heavy atom. The lowest BCUT2D eigenvalue weighted by molar-refractivity contribution is -0.151. The van der Waals surface area contributed by atoms with Gasteiger partial charge in [0.15, 0.2) is 0 Å². The summed E-state index contributed by atoms with van der Waals surface area (Å²) in [6.45, 7) is 0.102. The standard InChI is InChI=1S/C18H19ClN2O4S.ClH/c1-24-13-6-4-11(5-7-13)9-25-18(23)15-12(3-2-8-19)10-26-17-14(20)16(22)21(15)17;/h2-7,14,17H,8-10,20H2,1H3;1H/t14-,17-;/m1./s1. The molecule has 0 unspecified atom stereocenters. The van der Waals surface area contributed by atoms with Crippen LogP contribution in [0.4, 0.5) is 0 Å². The lowest BCUT2D eigenvalue weighted by Crippen LogP contribution is -2.68. The number of nitrogens with zero attached hydrogens (tertiary/aromatic N) is 1. The minimum atomic E-state index is -0.581. The molecule has 1 saturated heterocycles. The molecular formula is C18H20Cl2N2O4S. The van der Waals surface area contributed by atoms with E-state index < -0.39 is 12.0 Å². The molecule has 2 atom stereocenters. The molecule has 2 aliphatic rings. The molecule has 1 amide bonds. The fourth-order valence-electron chi connectivity index (χ4n) is 2.78. The second-order valence-corrected chi connectivity index (χ2v) is 7.20. The lowest BCUT2D eigenvalue weighted by Gasteiger charge is -2.48. The van der Waals surface area contributed by atoms with Gasteiger partial charge in [-0.1, -0.05) is 24.3 Å². The number of hydrogen-bond donors (Lipinski definition) is 1. The van der Waals surface area contributed by atoms with Crippen molar-refractivity contribution in [1.82, 2.24) is 4.90 Å². The van der Waals surface area contributed by atoms with E-state index in [1.165, 1.54) is 16.7 Å². The molecule has 2 heterocycles. The highest BCUT2D eigenvalue weighted by atomic mass is 35.5. The summed E-state index contributed by atoms with van der Waals surface area (Å²) < 4.78 is 10.5. The fraction of sp³-hybridized carbons (Fsp3) is 0.333. The average molecular weight is 431 g/mol. The van der Waals surface area contributed by atoms with E-state index in [1.807, 2.05) is 12.1 Å². The quantitative estimate of drug-likeness (QED) is 0.424. The van der Waals surface area contributed by atoms with Gasteiger partial charge in [0.25, 0.3) is 0 Å². The highest BCUT2D eigenvalue weighted by Gasteiger charge is 2.51. The summed E-state index contributed by atoms with van der Waals surface area (Å²) in [7, 11) is 1.59. The van der Waals surface area contributed by atoms with E-state index in [1.54, 1.807) is 31.4 Å². The number of rotatable bonds is 6. The maximum absolute atomic E-state index is 12.7. The number of carbonyl (C=O) groups excluding carboxylic acids is 2. The van der Waals surface area contributed by atoms with Crippen LogP contribution in [0.5, 0.6) is 5.75 Å². The van der Waals surface area contributed by atoms with E-state index in [4.69, 9.17) is 26.8 Å². The van der Waals surface area contributed by atoms with Gasteiger partial charge in [0.1, 0.15) is 29.5 Å². The number of ether oxygens (including phenoxy) is 2. The summed E-state index contributed by atoms with van der Waals surface area (Å²) in [6, 6.07) is 6.64. The Morgan fingerprint density at radius 3 is 2.74 bits per heavy atom. The highest BCUT2D eigenvalue weighted by Crippen LogP contribution is 2.40. The van der Waals surface area contributed by atoms with Crippen LogP contribution in [-0.2, 0) is 20.9 Å². The van der Waals surface area contributed by atoms with Gasteiger partial charge >= 0.3 is 5.97 Å². The monoisotopic (exact) mass is 430 g/mol. The van der Waals surface area contributed by atoms with E-state index in [9.17, 15) is 9.59 Å². The number of β-lactam (4-membered cyclic amide) rings is 1. The van der Waals surface area contributed by atoms with E-state index in [-0.39, 0.29) is 36.0 Å². The largest absolute Gasteiger partial charge is 0.497 e. The summed E-state index contributed by atoms with van der Waals surface area (Å²) in [4.78, 5) is 26.3. The van der Waals surface area contributed by atoms with Crippen LogP contribution >= 0.6 is 35.8 Å². The molecule has 0 radical (unpaired) electrons. The highest BCUT2D eigenvalue weighted by molar-refractivity contribution is 8.00. The Morgan fingerprint density at radius 1 is 1.41 bits per heavy atom. The van der Waals surface area contributed by atoms with Crippen molar-refractivity contribution in [1.29, 1.82) is 0 Å². The molecule has 0 aliphatic carbocycles. The predicted molar refractivity (Wildman–Crippen MR) is 108 cm³/mol. The molecule has 1 fully saturated rings. The first-order chi connectivity index (χ1) is 12.6. The van der Waals surface area contributed by atoms with Crippen LogP contribution in [0.2, 0.25) is 0 Å². The van der Waals surface area contributed by atoms with Crippen molar-refractivity contribution in [2.45, 2.75) is 18.0 Å². The van der Waals surface area contributed by atoms with Crippen LogP contribution in [-0.4, -0.2) is 46.9 Å². The molecule has 0 saturated carbocycles. The second kappa shape index (κ2) is 9.50. The maximum atomic E-state index is 12.7. The number of esters is 1. The fourth-order valence-corrected chi connectivity index (χ4v) is 4.14. The predicted octanol–water partition coefficient (Wildman–Crippen LogP) is 2.45. The minimum absolute atomic E-state index is 0. The third kappa shape index (κ3) is 4.43. The smallest absolute Gasteiger partial charge is 0.355 e. The molecule has 0 aromatic heterocycles. The van der Waals surface area contributed by atoms with Crippen LogP contribution in [0.25, 0.3) is 0 Å². The number of alkyl halides is 1. The summed E-state index contributed by atoms with van der Waals surface area (Å²) in [5, 5.41) is -0.223. The Kier molecular flexibility index (Phi) is 7.61. The van der Waals surface area contributed by atoms with E-state index in [0.29, 0.717) is 17.2 Å². The molecule has 1 aromatic carbocycles. The molecule has 27 heavy (non-hydrogen) atoms. The SMILES string of the molecule is COc1ccc(COC(=O)C2=C(C=CCCl)CS[C@@H]3[C@H](N)C(=O)N23)cc1.Cl. The summed E-state index contributed by atoms with van der Waals surface area (Å²) >= 11 is 7.23. The number of halogens is 2. The molecule has 2 N–H and O–H groups in total. The van der Waals surface area contributed by atoms with Crippen molar-refractivity contribution in [2.24, 2.45) is 5.73 Å². The van der Waals surface area contributed by atoms with Gasteiger partial charge in [0, 0.05) is 11.6 Å². The van der Waals surface area contributed by atoms with Gasteiger partial charge in [-0.15, -0.1) is 35.8 Å². The molecule has 2 aliphatic heterocycles. The van der Waals surface area contributed by atoms with Crippen LogP contribution in [0.15, 0.2) is 47.7 Å². The van der Waals surface area contributed by atoms with Gasteiger partial charge in [-0.25, -0.2) is 4.79 Å². The number of amides is 1. The molecule has 0 spiro atoms. The van der Waals surface area contributed by atoms with E-state index >= 15 is 0 Å². The van der Waals surface area contributed by atoms with Crippen LogP contribution in [0, 0.1) is 0 Å². The molecule has 9 heteroatoms. The van der Waals surface area contributed by atoms with Gasteiger partial charge in [0.2, 0.25) is 5.91 Å². The number of methoxy groups -OCH3 is 1. The first kappa shape index (κ1) is 21.6. The van der Waals surface area contributed by atoms with Crippen molar-refractivity contribution in [3.8, 4) is 5.75 Å². The van der Waals surface area contributed by atoms with Crippen molar-refractivity contribution in [3.05, 3.63) is 53.3 Å². The molecular weight excluding hydrogens is 411 g/mol. The van der Waals surface area contributed by atoms with Gasteiger partial charge in [-0.05, 0) is 23.3 Å². The third-order valence-corrected chi connectivity index (χ3v) is 5.67. The summed E-state index contributed by atoms with van der Waals surface area (Å²) in [5.74, 6) is 0.807. The lowest BCUT2D eigenvalue weighted by atomic mass is 10.0. The van der Waals surface area contributed by atoms with Gasteiger partial charge in [0.05, 0.1) is 7.11 Å². The number of nitrogens with two attached hydrogens (primary N) is 1. The van der Waals surface area contributed by atoms with Crippen LogP contribution < -0.4 is 10.5 Å². The van der Waals surface area contributed by atoms with Gasteiger partial charge in [-0.3, -0.25) is 9.69 Å². The second-order valence-electron chi connectivity index (χ2n) is 5.79. The first-order valence-corrected chi connectivity index (χ1v) is 9.61. The maximum Gasteiger partial charge on any atom is 0.355 e. The normalized spacial score (nSPS) is 21.4. The number of thioether (sulfide) groups is 1. The number of benzene rings is 1. The molecule has 1 aromatic rings. The Bertz CT molecular complexity index is 767.